The minimum Gasteiger partial charge on any atom is -0.457 e. The quantitative estimate of drug-likeness (QED) is 0.246. The third-order valence-electron chi connectivity index (χ3n) is 5.05. The van der Waals surface area contributed by atoms with Crippen molar-refractivity contribution in [1.82, 2.24) is 9.97 Å². The van der Waals surface area contributed by atoms with Crippen LogP contribution in [0.25, 0.3) is 0 Å². The predicted octanol–water partition coefficient (Wildman–Crippen LogP) is 5.26. The van der Waals surface area contributed by atoms with E-state index in [4.69, 9.17) is 10.1 Å². The number of para-hydroxylation sites is 2. The fraction of sp³-hybridized carbons (Fsp3) is 0.0714. The van der Waals surface area contributed by atoms with Crippen molar-refractivity contribution in [3.63, 3.8) is 0 Å². The van der Waals surface area contributed by atoms with Gasteiger partial charge in [0.2, 0.25) is 0 Å². The molecule has 0 spiro atoms. The summed E-state index contributed by atoms with van der Waals surface area (Å²) >= 11 is 0. The molecule has 0 aliphatic rings. The minimum absolute atomic E-state index is 0.277. The predicted molar refractivity (Wildman–Crippen MR) is 137 cm³/mol. The van der Waals surface area contributed by atoms with Crippen molar-refractivity contribution in [2.24, 2.45) is 0 Å². The number of nitrogens with one attached hydrogen (secondary N) is 3. The summed E-state index contributed by atoms with van der Waals surface area (Å²) < 4.78 is 5.84. The number of ether oxygens (including phenoxy) is 1. The van der Waals surface area contributed by atoms with Gasteiger partial charge in [0.05, 0.1) is 11.3 Å². The van der Waals surface area contributed by atoms with Crippen LogP contribution in [0.4, 0.5) is 11.5 Å². The fourth-order valence-electron chi connectivity index (χ4n) is 3.37. The van der Waals surface area contributed by atoms with Crippen molar-refractivity contribution >= 4 is 23.1 Å². The van der Waals surface area contributed by atoms with Crippen molar-refractivity contribution in [3.05, 3.63) is 108 Å². The average Bonchev–Trinajstić information content (AvgIpc) is 2.89. The molecule has 35 heavy (non-hydrogen) atoms. The molecule has 172 valence electrons. The molecule has 0 saturated heterocycles. The summed E-state index contributed by atoms with van der Waals surface area (Å²) in [6.45, 7) is 2.00. The van der Waals surface area contributed by atoms with E-state index in [2.05, 4.69) is 32.4 Å². The molecule has 0 saturated carbocycles. The van der Waals surface area contributed by atoms with Crippen LogP contribution in [-0.4, -0.2) is 21.6 Å². The van der Waals surface area contributed by atoms with Crippen LogP contribution >= 0.6 is 0 Å². The molecule has 0 atom stereocenters. The Labute approximate surface area is 203 Å². The van der Waals surface area contributed by atoms with Gasteiger partial charge in [-0.1, -0.05) is 42.3 Å². The maximum absolute atomic E-state index is 11.9. The van der Waals surface area contributed by atoms with Gasteiger partial charge in [-0.2, -0.15) is 0 Å². The number of nitrogens with zero attached hydrogens (tertiary/aromatic N) is 2. The summed E-state index contributed by atoms with van der Waals surface area (Å²) in [6, 6.07) is 24.3. The van der Waals surface area contributed by atoms with E-state index in [9.17, 15) is 4.79 Å². The van der Waals surface area contributed by atoms with Gasteiger partial charge >= 0.3 is 0 Å². The number of anilines is 2. The van der Waals surface area contributed by atoms with Gasteiger partial charge in [0.15, 0.2) is 0 Å². The molecule has 0 aliphatic carbocycles. The van der Waals surface area contributed by atoms with Crippen LogP contribution in [0.1, 0.15) is 23.6 Å². The first kappa shape index (κ1) is 23.2. The number of hydrogen-bond donors (Lipinski definition) is 3. The topological polar surface area (TPSA) is 100.0 Å². The summed E-state index contributed by atoms with van der Waals surface area (Å²) in [6.07, 6.45) is 3.04. The van der Waals surface area contributed by atoms with Crippen LogP contribution < -0.4 is 15.4 Å². The Morgan fingerprint density at radius 1 is 0.971 bits per heavy atom. The van der Waals surface area contributed by atoms with Gasteiger partial charge in [0.25, 0.3) is 5.91 Å². The highest BCUT2D eigenvalue weighted by Crippen LogP contribution is 2.24. The molecule has 3 aromatic carbocycles. The highest BCUT2D eigenvalue weighted by atomic mass is 16.5. The smallest absolute Gasteiger partial charge is 0.300 e. The van der Waals surface area contributed by atoms with Crippen LogP contribution in [0.2, 0.25) is 0 Å². The molecule has 1 amide bonds. The summed E-state index contributed by atoms with van der Waals surface area (Å²) in [5, 5.41) is 14.8. The lowest BCUT2D eigenvalue weighted by Crippen LogP contribution is -2.13. The monoisotopic (exact) mass is 461 g/mol. The van der Waals surface area contributed by atoms with E-state index in [1.54, 1.807) is 13.1 Å². The van der Waals surface area contributed by atoms with Gasteiger partial charge in [-0.05, 0) is 60.9 Å². The second kappa shape index (κ2) is 11.3. The Balaban J connectivity index is 1.48. The Hall–Kier alpha value is -4.96. The summed E-state index contributed by atoms with van der Waals surface area (Å²) in [5.41, 5.74) is 3.06. The lowest BCUT2D eigenvalue weighted by molar-refractivity contribution is -0.111. The van der Waals surface area contributed by atoms with E-state index < -0.39 is 0 Å². The second-order valence-electron chi connectivity index (χ2n) is 7.44. The van der Waals surface area contributed by atoms with E-state index in [1.807, 2.05) is 78.9 Å². The average molecular weight is 462 g/mol. The maximum Gasteiger partial charge on any atom is 0.300 e. The van der Waals surface area contributed by atoms with Crippen molar-refractivity contribution in [3.8, 4) is 23.3 Å². The summed E-state index contributed by atoms with van der Waals surface area (Å²) in [7, 11) is 0. The van der Waals surface area contributed by atoms with Crippen molar-refractivity contribution in [1.29, 1.82) is 5.41 Å². The molecule has 4 rings (SSSR count). The first-order valence-electron chi connectivity index (χ1n) is 10.9. The highest BCUT2D eigenvalue weighted by Gasteiger charge is 2.13. The maximum atomic E-state index is 11.9. The Morgan fingerprint density at radius 2 is 1.69 bits per heavy atom. The first-order chi connectivity index (χ1) is 17.1. The largest absolute Gasteiger partial charge is 0.457 e. The summed E-state index contributed by atoms with van der Waals surface area (Å²) in [5.74, 6) is 6.64. The zero-order chi connectivity index (χ0) is 24.5. The minimum atomic E-state index is -0.371. The molecule has 1 aromatic heterocycles. The number of hydrogen-bond acceptors (Lipinski definition) is 6. The van der Waals surface area contributed by atoms with Crippen molar-refractivity contribution in [2.45, 2.75) is 13.5 Å². The van der Waals surface area contributed by atoms with E-state index in [-0.39, 0.29) is 11.6 Å². The Bertz CT molecular complexity index is 1390. The molecule has 1 heterocycles. The number of aromatic nitrogens is 2. The van der Waals surface area contributed by atoms with Gasteiger partial charge in [0.1, 0.15) is 23.6 Å². The van der Waals surface area contributed by atoms with Crippen LogP contribution in [0.5, 0.6) is 11.5 Å². The Kier molecular flexibility index (Phi) is 7.46. The third kappa shape index (κ3) is 6.09. The van der Waals surface area contributed by atoms with Crippen LogP contribution in [0.3, 0.4) is 0 Å². The van der Waals surface area contributed by atoms with Gasteiger partial charge in [-0.15, -0.1) is 0 Å². The zero-order valence-electron chi connectivity index (χ0n) is 19.1. The van der Waals surface area contributed by atoms with Gasteiger partial charge < -0.3 is 15.4 Å². The fourth-order valence-corrected chi connectivity index (χ4v) is 3.37. The first-order valence-corrected chi connectivity index (χ1v) is 10.9. The SMILES string of the molecule is CC#CC(=O)Nc1ccccc1CNc1ncncc1C(=N)c1ccc(Oc2ccccc2)cc1. The summed E-state index contributed by atoms with van der Waals surface area (Å²) in [4.78, 5) is 20.3. The van der Waals surface area contributed by atoms with E-state index >= 15 is 0 Å². The molecule has 0 radical (unpaired) electrons. The number of amides is 1. The number of carbonyl (C=O) groups excluding carboxylic acids is 1. The normalized spacial score (nSPS) is 9.97. The van der Waals surface area contributed by atoms with E-state index in [0.717, 1.165) is 11.3 Å². The van der Waals surface area contributed by atoms with Crippen molar-refractivity contribution in [2.75, 3.05) is 10.6 Å². The van der Waals surface area contributed by atoms with Crippen molar-refractivity contribution < 1.29 is 9.53 Å². The molecule has 0 aliphatic heterocycles. The standard InChI is InChI=1S/C28H23N5O2/c1-2-8-26(34)33-25-12-7-6-9-21(25)17-31-28-24(18-30-19-32-28)27(29)20-13-15-23(16-14-20)35-22-10-4-3-5-11-22/h3-7,9-16,18-19,29H,17H2,1H3,(H,33,34)(H,30,31,32). The molecule has 0 fully saturated rings. The third-order valence-corrected chi connectivity index (χ3v) is 5.05. The molecular formula is C28H23N5O2. The van der Waals surface area contributed by atoms with E-state index in [0.29, 0.717) is 34.9 Å². The van der Waals surface area contributed by atoms with Crippen LogP contribution in [0.15, 0.2) is 91.4 Å². The van der Waals surface area contributed by atoms with Gasteiger partial charge in [-0.3, -0.25) is 10.2 Å². The Morgan fingerprint density at radius 3 is 2.46 bits per heavy atom. The molecule has 3 N–H and O–H groups in total. The van der Waals surface area contributed by atoms with Crippen LogP contribution in [-0.2, 0) is 11.3 Å². The highest BCUT2D eigenvalue weighted by molar-refractivity contribution is 6.13. The zero-order valence-corrected chi connectivity index (χ0v) is 19.1. The molecule has 7 heteroatoms. The molecule has 0 unspecified atom stereocenters. The number of benzene rings is 3. The molecule has 4 aromatic rings. The number of carbonyl (C=O) groups is 1. The second-order valence-corrected chi connectivity index (χ2v) is 7.44. The number of rotatable bonds is 8. The molecule has 0 bridgehead atoms. The molecular weight excluding hydrogens is 438 g/mol. The van der Waals surface area contributed by atoms with Crippen LogP contribution in [0, 0.1) is 17.3 Å². The molecule has 7 nitrogen and oxygen atoms in total. The van der Waals surface area contributed by atoms with E-state index in [1.165, 1.54) is 6.33 Å². The van der Waals surface area contributed by atoms with Gasteiger partial charge in [0, 0.05) is 24.0 Å². The van der Waals surface area contributed by atoms with Gasteiger partial charge in [-0.25, -0.2) is 9.97 Å². The lowest BCUT2D eigenvalue weighted by atomic mass is 10.0. The lowest BCUT2D eigenvalue weighted by Gasteiger charge is -2.14.